The Morgan fingerprint density at radius 2 is 1.33 bits per heavy atom. The van der Waals surface area contributed by atoms with Gasteiger partial charge in [-0.05, 0) is 24.3 Å². The van der Waals surface area contributed by atoms with E-state index in [1.165, 1.54) is 14.2 Å². The lowest BCUT2D eigenvalue weighted by Crippen LogP contribution is -2.16. The number of methoxy groups -OCH3 is 2. The van der Waals surface area contributed by atoms with Crippen LogP contribution >= 0.6 is 0 Å². The number of rotatable bonds is 7. The fourth-order valence-electron chi connectivity index (χ4n) is 3.04. The molecule has 0 bridgehead atoms. The van der Waals surface area contributed by atoms with Crippen molar-refractivity contribution in [3.63, 3.8) is 0 Å². The van der Waals surface area contributed by atoms with Crippen molar-refractivity contribution < 1.29 is 26.7 Å². The average Bonchev–Trinajstić information content (AvgIpc) is 2.78. The third kappa shape index (κ3) is 4.93. The molecule has 11 heteroatoms. The summed E-state index contributed by atoms with van der Waals surface area (Å²) in [6, 6.07) is 13.8. The minimum absolute atomic E-state index is 0.0597. The second-order valence-corrected chi connectivity index (χ2v) is 8.53. The average molecular weight is 472 g/mol. The normalized spacial score (nSPS) is 11.3. The Morgan fingerprint density at radius 3 is 1.88 bits per heavy atom. The van der Waals surface area contributed by atoms with E-state index in [0.29, 0.717) is 46.4 Å². The molecule has 0 aliphatic rings. The van der Waals surface area contributed by atoms with Gasteiger partial charge in [0.1, 0.15) is 23.1 Å². The number of aromatic nitrogens is 2. The standard InChI is InChI=1S/C22H18F2N4O4S/c1-31-16-10-15(11-17(12-16)32-2)25-21-22(27-20-6-4-3-5-19(20)26-21)28-33(29,30)18-8-13(23)7-14(24)9-18/h3-12H,1-2H3,(H,25,26)(H,27,28). The van der Waals surface area contributed by atoms with Gasteiger partial charge in [0, 0.05) is 30.0 Å². The number of ether oxygens (including phenoxy) is 2. The molecule has 4 rings (SSSR count). The maximum atomic E-state index is 13.6. The highest BCUT2D eigenvalue weighted by Crippen LogP contribution is 2.31. The van der Waals surface area contributed by atoms with Gasteiger partial charge < -0.3 is 14.8 Å². The Kier molecular flexibility index (Phi) is 5.97. The van der Waals surface area contributed by atoms with Gasteiger partial charge in [0.2, 0.25) is 0 Å². The van der Waals surface area contributed by atoms with Gasteiger partial charge in [-0.15, -0.1) is 0 Å². The maximum absolute atomic E-state index is 13.6. The summed E-state index contributed by atoms with van der Waals surface area (Å²) in [5, 5.41) is 3.00. The van der Waals surface area contributed by atoms with Crippen LogP contribution in [0.25, 0.3) is 11.0 Å². The molecule has 0 amide bonds. The molecule has 0 aliphatic carbocycles. The fraction of sp³-hybridized carbons (Fsp3) is 0.0909. The zero-order valence-electron chi connectivity index (χ0n) is 17.5. The molecule has 170 valence electrons. The summed E-state index contributed by atoms with van der Waals surface area (Å²) in [5.41, 5.74) is 1.39. The van der Waals surface area contributed by atoms with Gasteiger partial charge in [-0.1, -0.05) is 12.1 Å². The lowest BCUT2D eigenvalue weighted by Gasteiger charge is -2.15. The Morgan fingerprint density at radius 1 is 0.788 bits per heavy atom. The first kappa shape index (κ1) is 22.2. The van der Waals surface area contributed by atoms with Crippen molar-refractivity contribution in [3.05, 3.63) is 72.3 Å². The van der Waals surface area contributed by atoms with Gasteiger partial charge in [0.15, 0.2) is 11.6 Å². The second-order valence-electron chi connectivity index (χ2n) is 6.85. The van der Waals surface area contributed by atoms with Crippen LogP contribution in [-0.2, 0) is 10.0 Å². The molecule has 0 saturated heterocycles. The van der Waals surface area contributed by atoms with E-state index in [1.807, 2.05) is 0 Å². The summed E-state index contributed by atoms with van der Waals surface area (Å²) >= 11 is 0. The van der Waals surface area contributed by atoms with E-state index in [-0.39, 0.29) is 11.6 Å². The molecule has 4 aromatic rings. The minimum atomic E-state index is -4.39. The molecule has 0 unspecified atom stereocenters. The number of nitrogens with zero attached hydrogens (tertiary/aromatic N) is 2. The van der Waals surface area contributed by atoms with Crippen LogP contribution in [0.15, 0.2) is 65.6 Å². The van der Waals surface area contributed by atoms with Crippen molar-refractivity contribution in [3.8, 4) is 11.5 Å². The third-order valence-electron chi connectivity index (χ3n) is 4.56. The van der Waals surface area contributed by atoms with Gasteiger partial charge in [0.05, 0.1) is 30.1 Å². The second kappa shape index (κ2) is 8.87. The zero-order valence-corrected chi connectivity index (χ0v) is 18.3. The van der Waals surface area contributed by atoms with Crippen LogP contribution in [0, 0.1) is 11.6 Å². The number of benzene rings is 3. The molecule has 8 nitrogen and oxygen atoms in total. The Hall–Kier alpha value is -3.99. The predicted molar refractivity (Wildman–Crippen MR) is 120 cm³/mol. The Balaban J connectivity index is 1.80. The molecule has 33 heavy (non-hydrogen) atoms. The Bertz CT molecular complexity index is 1410. The smallest absolute Gasteiger partial charge is 0.263 e. The van der Waals surface area contributed by atoms with Crippen LogP contribution < -0.4 is 19.5 Å². The third-order valence-corrected chi connectivity index (χ3v) is 5.88. The first-order valence-corrected chi connectivity index (χ1v) is 11.0. The molecule has 0 fully saturated rings. The molecular weight excluding hydrogens is 454 g/mol. The highest BCUT2D eigenvalue weighted by molar-refractivity contribution is 7.92. The van der Waals surface area contributed by atoms with Crippen molar-refractivity contribution in [1.29, 1.82) is 0 Å². The van der Waals surface area contributed by atoms with E-state index in [0.717, 1.165) is 0 Å². The molecule has 0 saturated carbocycles. The van der Waals surface area contributed by atoms with Gasteiger partial charge in [-0.2, -0.15) is 0 Å². The van der Waals surface area contributed by atoms with E-state index in [4.69, 9.17) is 9.47 Å². The van der Waals surface area contributed by atoms with Crippen LogP contribution in [0.5, 0.6) is 11.5 Å². The minimum Gasteiger partial charge on any atom is -0.497 e. The molecule has 3 aromatic carbocycles. The van der Waals surface area contributed by atoms with Crippen LogP contribution in [0.1, 0.15) is 0 Å². The SMILES string of the molecule is COc1cc(Nc2nc3ccccc3nc2NS(=O)(=O)c2cc(F)cc(F)c2)cc(OC)c1. The highest BCUT2D eigenvalue weighted by atomic mass is 32.2. The quantitative estimate of drug-likeness (QED) is 0.409. The number of nitrogens with one attached hydrogen (secondary N) is 2. The van der Waals surface area contributed by atoms with Gasteiger partial charge in [0.25, 0.3) is 10.0 Å². The summed E-state index contributed by atoms with van der Waals surface area (Å²) in [5.74, 6) is -1.18. The molecular formula is C22H18F2N4O4S. The number of sulfonamides is 1. The number of fused-ring (bicyclic) bond motifs is 1. The summed E-state index contributed by atoms with van der Waals surface area (Å²) in [6.45, 7) is 0. The van der Waals surface area contributed by atoms with Crippen molar-refractivity contribution in [1.82, 2.24) is 9.97 Å². The molecule has 1 aromatic heterocycles. The number of anilines is 3. The fourth-order valence-corrected chi connectivity index (χ4v) is 4.09. The van der Waals surface area contributed by atoms with Crippen LogP contribution in [0.3, 0.4) is 0 Å². The monoisotopic (exact) mass is 472 g/mol. The van der Waals surface area contributed by atoms with E-state index in [1.54, 1.807) is 42.5 Å². The molecule has 0 spiro atoms. The van der Waals surface area contributed by atoms with E-state index in [2.05, 4.69) is 20.0 Å². The van der Waals surface area contributed by atoms with Crippen LogP contribution in [0.2, 0.25) is 0 Å². The van der Waals surface area contributed by atoms with E-state index >= 15 is 0 Å². The summed E-state index contributed by atoms with van der Waals surface area (Å²) in [6.07, 6.45) is 0. The topological polar surface area (TPSA) is 102 Å². The molecule has 1 heterocycles. The van der Waals surface area contributed by atoms with Gasteiger partial charge >= 0.3 is 0 Å². The zero-order chi connectivity index (χ0) is 23.6. The van der Waals surface area contributed by atoms with E-state index < -0.39 is 26.6 Å². The highest BCUT2D eigenvalue weighted by Gasteiger charge is 2.21. The number of halogens is 2. The predicted octanol–water partition coefficient (Wildman–Crippen LogP) is 4.47. The number of hydrogen-bond acceptors (Lipinski definition) is 7. The lowest BCUT2D eigenvalue weighted by atomic mass is 10.2. The molecule has 0 radical (unpaired) electrons. The van der Waals surface area contributed by atoms with Crippen LogP contribution in [-0.4, -0.2) is 32.6 Å². The summed E-state index contributed by atoms with van der Waals surface area (Å²) in [4.78, 5) is 8.22. The molecule has 2 N–H and O–H groups in total. The van der Waals surface area contributed by atoms with Gasteiger partial charge in [-0.25, -0.2) is 27.2 Å². The Labute approximate surface area is 188 Å². The van der Waals surface area contributed by atoms with Crippen molar-refractivity contribution in [2.45, 2.75) is 4.90 Å². The first-order chi connectivity index (χ1) is 15.8. The van der Waals surface area contributed by atoms with Crippen molar-refractivity contribution in [2.24, 2.45) is 0 Å². The first-order valence-electron chi connectivity index (χ1n) is 9.53. The number of para-hydroxylation sites is 2. The number of hydrogen-bond donors (Lipinski definition) is 2. The lowest BCUT2D eigenvalue weighted by molar-refractivity contribution is 0.395. The summed E-state index contributed by atoms with van der Waals surface area (Å²) < 4.78 is 65.8. The maximum Gasteiger partial charge on any atom is 0.263 e. The van der Waals surface area contributed by atoms with Crippen molar-refractivity contribution in [2.75, 3.05) is 24.3 Å². The van der Waals surface area contributed by atoms with Crippen LogP contribution in [0.4, 0.5) is 26.1 Å². The summed E-state index contributed by atoms with van der Waals surface area (Å²) in [7, 11) is -1.41. The van der Waals surface area contributed by atoms with Crippen molar-refractivity contribution >= 4 is 38.4 Å². The van der Waals surface area contributed by atoms with E-state index in [9.17, 15) is 17.2 Å². The molecule has 0 atom stereocenters. The molecule has 0 aliphatic heterocycles. The largest absolute Gasteiger partial charge is 0.497 e. The van der Waals surface area contributed by atoms with Gasteiger partial charge in [-0.3, -0.25) is 4.72 Å².